The molecule has 0 unspecified atom stereocenters. The number of aryl methyl sites for hydroxylation is 3. The van der Waals surface area contributed by atoms with Crippen LogP contribution in [-0.2, 0) is 16.0 Å². The summed E-state index contributed by atoms with van der Waals surface area (Å²) in [6, 6.07) is 18.8. The van der Waals surface area contributed by atoms with Gasteiger partial charge in [0.1, 0.15) is 0 Å². The maximum atomic E-state index is 12.2. The van der Waals surface area contributed by atoms with Crippen molar-refractivity contribution < 1.29 is 9.59 Å². The number of benzene rings is 3. The number of rotatable bonds is 6. The van der Waals surface area contributed by atoms with Crippen LogP contribution in [0.3, 0.4) is 0 Å². The van der Waals surface area contributed by atoms with Gasteiger partial charge in [0.25, 0.3) is 0 Å². The van der Waals surface area contributed by atoms with Gasteiger partial charge in [0.05, 0.1) is 6.21 Å². The van der Waals surface area contributed by atoms with E-state index in [1.807, 2.05) is 57.2 Å². The minimum absolute atomic E-state index is 0.526. The van der Waals surface area contributed by atoms with Crippen LogP contribution in [0.4, 0.5) is 17.1 Å². The molecule has 0 saturated carbocycles. The van der Waals surface area contributed by atoms with Gasteiger partial charge in [-0.1, -0.05) is 48.9 Å². The van der Waals surface area contributed by atoms with Crippen molar-refractivity contribution in [1.29, 1.82) is 0 Å². The molecule has 0 aromatic heterocycles. The van der Waals surface area contributed by atoms with Gasteiger partial charge in [0.2, 0.25) is 0 Å². The number of hydrazone groups is 1. The fraction of sp³-hybridized carbons (Fsp3) is 0.160. The SMILES string of the molecule is CCc1ccccc1NC(=O)C(=O)N/N=C\c1cc(Cl)ccc1Nc1cc(C)ccc1C. The fourth-order valence-electron chi connectivity index (χ4n) is 3.11. The van der Waals surface area contributed by atoms with Crippen molar-refractivity contribution in [2.75, 3.05) is 10.6 Å². The van der Waals surface area contributed by atoms with E-state index in [2.05, 4.69) is 21.2 Å². The molecule has 0 aliphatic carbocycles. The second-order valence-electron chi connectivity index (χ2n) is 7.34. The highest BCUT2D eigenvalue weighted by atomic mass is 35.5. The van der Waals surface area contributed by atoms with E-state index in [0.29, 0.717) is 16.3 Å². The molecule has 164 valence electrons. The summed E-state index contributed by atoms with van der Waals surface area (Å²) in [6.45, 7) is 6.01. The first-order valence-electron chi connectivity index (χ1n) is 10.2. The van der Waals surface area contributed by atoms with Gasteiger partial charge in [-0.15, -0.1) is 0 Å². The van der Waals surface area contributed by atoms with Crippen molar-refractivity contribution in [3.8, 4) is 0 Å². The molecule has 0 aliphatic heterocycles. The van der Waals surface area contributed by atoms with Crippen molar-refractivity contribution >= 4 is 46.7 Å². The van der Waals surface area contributed by atoms with Gasteiger partial charge in [-0.3, -0.25) is 9.59 Å². The normalized spacial score (nSPS) is 10.8. The highest BCUT2D eigenvalue weighted by Gasteiger charge is 2.14. The highest BCUT2D eigenvalue weighted by molar-refractivity contribution is 6.39. The van der Waals surface area contributed by atoms with Crippen molar-refractivity contribution in [2.24, 2.45) is 5.10 Å². The number of carbonyl (C=O) groups is 2. The first kappa shape index (κ1) is 23.0. The zero-order chi connectivity index (χ0) is 23.1. The van der Waals surface area contributed by atoms with Crippen molar-refractivity contribution in [3.63, 3.8) is 0 Å². The Morgan fingerprint density at radius 3 is 2.50 bits per heavy atom. The van der Waals surface area contributed by atoms with Crippen LogP contribution in [0, 0.1) is 13.8 Å². The van der Waals surface area contributed by atoms with E-state index in [1.54, 1.807) is 24.3 Å². The highest BCUT2D eigenvalue weighted by Crippen LogP contribution is 2.26. The summed E-state index contributed by atoms with van der Waals surface area (Å²) < 4.78 is 0. The minimum Gasteiger partial charge on any atom is -0.355 e. The quantitative estimate of drug-likeness (QED) is 0.270. The lowest BCUT2D eigenvalue weighted by Gasteiger charge is -2.13. The molecule has 3 N–H and O–H groups in total. The monoisotopic (exact) mass is 448 g/mol. The summed E-state index contributed by atoms with van der Waals surface area (Å²) in [5, 5.41) is 10.5. The molecule has 0 bridgehead atoms. The Bertz CT molecular complexity index is 1170. The number of hydrogen-bond acceptors (Lipinski definition) is 4. The first-order chi connectivity index (χ1) is 15.4. The van der Waals surface area contributed by atoms with Gasteiger partial charge in [0.15, 0.2) is 0 Å². The van der Waals surface area contributed by atoms with Crippen molar-refractivity contribution in [1.82, 2.24) is 5.43 Å². The Kier molecular flexibility index (Phi) is 7.63. The number of nitrogens with zero attached hydrogens (tertiary/aromatic N) is 1. The van der Waals surface area contributed by atoms with E-state index < -0.39 is 11.8 Å². The van der Waals surface area contributed by atoms with Crippen LogP contribution < -0.4 is 16.1 Å². The maximum Gasteiger partial charge on any atom is 0.329 e. The summed E-state index contributed by atoms with van der Waals surface area (Å²) in [4.78, 5) is 24.4. The number of carbonyl (C=O) groups excluding carboxylic acids is 2. The summed E-state index contributed by atoms with van der Waals surface area (Å²) in [5.41, 5.74) is 8.42. The van der Waals surface area contributed by atoms with Crippen LogP contribution in [0.2, 0.25) is 5.02 Å². The fourth-order valence-corrected chi connectivity index (χ4v) is 3.29. The number of halogens is 1. The number of anilines is 3. The van der Waals surface area contributed by atoms with Crippen molar-refractivity contribution in [3.05, 3.63) is 87.9 Å². The molecule has 0 aliphatic rings. The predicted molar refractivity (Wildman–Crippen MR) is 131 cm³/mol. The second kappa shape index (κ2) is 10.6. The lowest BCUT2D eigenvalue weighted by molar-refractivity contribution is -0.136. The van der Waals surface area contributed by atoms with Gasteiger partial charge in [-0.25, -0.2) is 5.43 Å². The lowest BCUT2D eigenvalue weighted by atomic mass is 10.1. The summed E-state index contributed by atoms with van der Waals surface area (Å²) >= 11 is 6.15. The zero-order valence-corrected chi connectivity index (χ0v) is 19.0. The number of para-hydroxylation sites is 1. The molecule has 3 rings (SSSR count). The topological polar surface area (TPSA) is 82.6 Å². The van der Waals surface area contributed by atoms with Gasteiger partial charge in [-0.05, 0) is 67.3 Å². The summed E-state index contributed by atoms with van der Waals surface area (Å²) in [5.74, 6) is -1.65. The van der Waals surface area contributed by atoms with Crippen LogP contribution in [0.1, 0.15) is 29.2 Å². The zero-order valence-electron chi connectivity index (χ0n) is 18.2. The minimum atomic E-state index is -0.863. The summed E-state index contributed by atoms with van der Waals surface area (Å²) in [7, 11) is 0. The van der Waals surface area contributed by atoms with Crippen LogP contribution in [0.5, 0.6) is 0 Å². The van der Waals surface area contributed by atoms with E-state index in [1.165, 1.54) is 6.21 Å². The Balaban J connectivity index is 1.70. The van der Waals surface area contributed by atoms with E-state index in [9.17, 15) is 9.59 Å². The van der Waals surface area contributed by atoms with E-state index >= 15 is 0 Å². The van der Waals surface area contributed by atoms with E-state index in [4.69, 9.17) is 11.6 Å². The molecule has 6 nitrogen and oxygen atoms in total. The van der Waals surface area contributed by atoms with E-state index in [-0.39, 0.29) is 0 Å². The Morgan fingerprint density at radius 2 is 1.72 bits per heavy atom. The molecule has 0 heterocycles. The van der Waals surface area contributed by atoms with E-state index in [0.717, 1.165) is 34.5 Å². The molecule has 2 amide bonds. The van der Waals surface area contributed by atoms with Crippen LogP contribution in [-0.4, -0.2) is 18.0 Å². The third-order valence-corrected chi connectivity index (χ3v) is 5.13. The Labute approximate surface area is 192 Å². The molecule has 3 aromatic carbocycles. The molecule has 0 atom stereocenters. The van der Waals surface area contributed by atoms with Crippen LogP contribution in [0.25, 0.3) is 0 Å². The lowest BCUT2D eigenvalue weighted by Crippen LogP contribution is -2.32. The standard InChI is InChI=1S/C25H25ClN4O2/c1-4-18-7-5-6-8-21(18)29-24(31)25(32)30-27-15-19-14-20(26)11-12-22(19)28-23-13-16(2)9-10-17(23)3/h5-15,28H,4H2,1-3H3,(H,29,31)(H,30,32)/b27-15-. The molecule has 32 heavy (non-hydrogen) atoms. The van der Waals surface area contributed by atoms with Gasteiger partial charge < -0.3 is 10.6 Å². The molecule has 0 fully saturated rings. The average Bonchev–Trinajstić information content (AvgIpc) is 2.78. The largest absolute Gasteiger partial charge is 0.355 e. The molecular formula is C25H25ClN4O2. The smallest absolute Gasteiger partial charge is 0.329 e. The molecule has 0 spiro atoms. The number of nitrogens with one attached hydrogen (secondary N) is 3. The predicted octanol–water partition coefficient (Wildman–Crippen LogP) is 5.35. The third kappa shape index (κ3) is 5.95. The van der Waals surface area contributed by atoms with Gasteiger partial charge in [0, 0.05) is 27.6 Å². The number of amides is 2. The van der Waals surface area contributed by atoms with Crippen LogP contribution in [0.15, 0.2) is 65.8 Å². The molecule has 0 saturated heterocycles. The van der Waals surface area contributed by atoms with Gasteiger partial charge >= 0.3 is 11.8 Å². The third-order valence-electron chi connectivity index (χ3n) is 4.90. The van der Waals surface area contributed by atoms with Crippen LogP contribution >= 0.6 is 11.6 Å². The molecule has 3 aromatic rings. The Morgan fingerprint density at radius 1 is 0.938 bits per heavy atom. The second-order valence-corrected chi connectivity index (χ2v) is 7.78. The van der Waals surface area contributed by atoms with Crippen molar-refractivity contribution in [2.45, 2.75) is 27.2 Å². The maximum absolute atomic E-state index is 12.2. The molecule has 0 radical (unpaired) electrons. The van der Waals surface area contributed by atoms with Gasteiger partial charge in [-0.2, -0.15) is 5.10 Å². The molecule has 7 heteroatoms. The average molecular weight is 449 g/mol. The first-order valence-corrected chi connectivity index (χ1v) is 10.6. The summed E-state index contributed by atoms with van der Waals surface area (Å²) in [6.07, 6.45) is 2.19. The molecular weight excluding hydrogens is 424 g/mol. The number of hydrogen-bond donors (Lipinski definition) is 3. The Hall–Kier alpha value is -3.64.